The molecule has 3 saturated heterocycles. The largest absolute Gasteiger partial charge is 0.464 e. The molecule has 3 fully saturated rings. The van der Waals surface area contributed by atoms with Gasteiger partial charge in [0.05, 0.1) is 12.2 Å². The zero-order chi connectivity index (χ0) is 18.1. The first-order valence-corrected chi connectivity index (χ1v) is 9.60. The summed E-state index contributed by atoms with van der Waals surface area (Å²) in [5.41, 5.74) is 2.09. The summed E-state index contributed by atoms with van der Waals surface area (Å²) in [6.45, 7) is 6.47. The second kappa shape index (κ2) is 5.46. The molecule has 0 saturated carbocycles. The Balaban J connectivity index is 1.44. The van der Waals surface area contributed by atoms with Gasteiger partial charge in [0.2, 0.25) is 5.91 Å². The van der Waals surface area contributed by atoms with Crippen LogP contribution >= 0.6 is 0 Å². The van der Waals surface area contributed by atoms with Crippen molar-refractivity contribution < 1.29 is 9.21 Å². The van der Waals surface area contributed by atoms with Gasteiger partial charge in [-0.05, 0) is 51.8 Å². The summed E-state index contributed by atoms with van der Waals surface area (Å²) in [6, 6.07) is 4.29. The highest BCUT2D eigenvalue weighted by atomic mass is 16.3. The van der Waals surface area contributed by atoms with Crippen molar-refractivity contribution in [3.05, 3.63) is 41.1 Å². The van der Waals surface area contributed by atoms with Gasteiger partial charge in [0.25, 0.3) is 0 Å². The van der Waals surface area contributed by atoms with Crippen molar-refractivity contribution >= 4 is 5.91 Å². The molecule has 0 bridgehead atoms. The van der Waals surface area contributed by atoms with Crippen LogP contribution < -0.4 is 0 Å². The van der Waals surface area contributed by atoms with Crippen LogP contribution in [0.4, 0.5) is 0 Å². The van der Waals surface area contributed by atoms with E-state index in [2.05, 4.69) is 23.1 Å². The number of nitrogens with zero attached hydrogens (tertiary/aromatic N) is 4. The minimum Gasteiger partial charge on any atom is -0.464 e. The van der Waals surface area contributed by atoms with Gasteiger partial charge >= 0.3 is 0 Å². The van der Waals surface area contributed by atoms with Crippen molar-refractivity contribution in [2.75, 3.05) is 13.1 Å². The lowest BCUT2D eigenvalue weighted by atomic mass is 9.85. The van der Waals surface area contributed by atoms with Gasteiger partial charge in [-0.2, -0.15) is 5.10 Å². The van der Waals surface area contributed by atoms with E-state index in [1.807, 2.05) is 35.7 Å². The van der Waals surface area contributed by atoms with E-state index in [9.17, 15) is 4.79 Å². The smallest absolute Gasteiger partial charge is 0.243 e. The van der Waals surface area contributed by atoms with Crippen molar-refractivity contribution in [2.24, 2.45) is 13.0 Å². The fourth-order valence-corrected chi connectivity index (χ4v) is 5.71. The first-order valence-electron chi connectivity index (χ1n) is 9.60. The fraction of sp³-hybridized carbons (Fsp3) is 0.600. The maximum absolute atomic E-state index is 13.5. The van der Waals surface area contributed by atoms with Crippen molar-refractivity contribution in [2.45, 2.75) is 51.2 Å². The second-order valence-corrected chi connectivity index (χ2v) is 8.21. The lowest BCUT2D eigenvalue weighted by Gasteiger charge is -2.33. The maximum Gasteiger partial charge on any atom is 0.243 e. The van der Waals surface area contributed by atoms with E-state index < -0.39 is 0 Å². The minimum atomic E-state index is -0.297. The number of aryl methyl sites for hydroxylation is 3. The molecule has 3 atom stereocenters. The summed E-state index contributed by atoms with van der Waals surface area (Å²) in [4.78, 5) is 18.0. The van der Waals surface area contributed by atoms with Gasteiger partial charge in [-0.15, -0.1) is 0 Å². The van der Waals surface area contributed by atoms with Crippen LogP contribution in [-0.4, -0.2) is 44.1 Å². The highest BCUT2D eigenvalue weighted by Crippen LogP contribution is 2.56. The summed E-state index contributed by atoms with van der Waals surface area (Å²) in [6.07, 6.45) is 5.28. The van der Waals surface area contributed by atoms with Gasteiger partial charge in [-0.3, -0.25) is 14.4 Å². The van der Waals surface area contributed by atoms with E-state index in [0.29, 0.717) is 24.4 Å². The molecule has 1 amide bonds. The van der Waals surface area contributed by atoms with E-state index >= 15 is 0 Å². The Morgan fingerprint density at radius 2 is 2.19 bits per heavy atom. The number of amides is 1. The van der Waals surface area contributed by atoms with E-state index in [0.717, 1.165) is 49.6 Å². The van der Waals surface area contributed by atoms with Gasteiger partial charge < -0.3 is 9.32 Å². The van der Waals surface area contributed by atoms with E-state index in [1.54, 1.807) is 0 Å². The molecular weight excluding hydrogens is 328 g/mol. The first-order chi connectivity index (χ1) is 12.5. The number of hydrogen-bond acceptors (Lipinski definition) is 4. The Hall–Kier alpha value is -2.08. The van der Waals surface area contributed by atoms with Gasteiger partial charge in [-0.25, -0.2) is 0 Å². The predicted molar refractivity (Wildman–Crippen MR) is 96.3 cm³/mol. The summed E-state index contributed by atoms with van der Waals surface area (Å²) in [5, 5.41) is 4.54. The predicted octanol–water partition coefficient (Wildman–Crippen LogP) is 2.57. The molecule has 2 aromatic heterocycles. The Labute approximate surface area is 153 Å². The van der Waals surface area contributed by atoms with Crippen molar-refractivity contribution in [3.63, 3.8) is 0 Å². The van der Waals surface area contributed by atoms with Crippen LogP contribution in [0, 0.1) is 19.8 Å². The number of rotatable bonds is 3. The molecule has 3 aliphatic rings. The molecule has 3 aliphatic heterocycles. The van der Waals surface area contributed by atoms with Crippen LogP contribution in [0.2, 0.25) is 0 Å². The zero-order valence-corrected chi connectivity index (χ0v) is 15.7. The van der Waals surface area contributed by atoms with Crippen molar-refractivity contribution in [3.8, 4) is 0 Å². The molecule has 2 aromatic rings. The normalized spacial score (nSPS) is 31.0. The molecule has 0 unspecified atom stereocenters. The van der Waals surface area contributed by atoms with Crippen molar-refractivity contribution in [1.29, 1.82) is 0 Å². The van der Waals surface area contributed by atoms with Crippen LogP contribution in [0.5, 0.6) is 0 Å². The van der Waals surface area contributed by atoms with Gasteiger partial charge in [0, 0.05) is 37.3 Å². The number of furan rings is 1. The third kappa shape index (κ3) is 2.08. The van der Waals surface area contributed by atoms with Gasteiger partial charge in [0.15, 0.2) is 0 Å². The molecule has 26 heavy (non-hydrogen) atoms. The second-order valence-electron chi connectivity index (χ2n) is 8.21. The molecular formula is C20H26N4O2. The van der Waals surface area contributed by atoms with E-state index in [1.165, 1.54) is 5.56 Å². The molecule has 0 radical (unpaired) electrons. The number of carbonyl (C=O) groups excluding carboxylic acids is 1. The topological polar surface area (TPSA) is 54.5 Å². The van der Waals surface area contributed by atoms with E-state index in [-0.39, 0.29) is 5.54 Å². The molecule has 5 rings (SSSR count). The van der Waals surface area contributed by atoms with Crippen LogP contribution in [0.25, 0.3) is 0 Å². The molecule has 6 heteroatoms. The Morgan fingerprint density at radius 3 is 2.88 bits per heavy atom. The monoisotopic (exact) mass is 354 g/mol. The van der Waals surface area contributed by atoms with Gasteiger partial charge in [-0.1, -0.05) is 0 Å². The average molecular weight is 354 g/mol. The summed E-state index contributed by atoms with van der Waals surface area (Å²) >= 11 is 0. The van der Waals surface area contributed by atoms with Crippen molar-refractivity contribution in [1.82, 2.24) is 19.6 Å². The highest BCUT2D eigenvalue weighted by Gasteiger charge is 2.65. The molecule has 6 nitrogen and oxygen atoms in total. The molecule has 1 spiro atoms. The molecule has 0 N–H and O–H groups in total. The quantitative estimate of drug-likeness (QED) is 0.850. The molecule has 0 aromatic carbocycles. The number of likely N-dealkylation sites (tertiary alicyclic amines) is 1. The minimum absolute atomic E-state index is 0.297. The summed E-state index contributed by atoms with van der Waals surface area (Å²) in [5.74, 6) is 2.49. The average Bonchev–Trinajstić information content (AvgIpc) is 3.35. The van der Waals surface area contributed by atoms with Gasteiger partial charge in [0.1, 0.15) is 17.1 Å². The first kappa shape index (κ1) is 16.1. The lowest BCUT2D eigenvalue weighted by Crippen LogP contribution is -2.49. The SMILES string of the molecule is Cc1ccc(CN2C[C@@H]3C[C@@H](c4cn(C)nc4C)N4CCC[C@@]34C2=O)o1. The third-order valence-electron chi connectivity index (χ3n) is 6.68. The van der Waals surface area contributed by atoms with Crippen LogP contribution in [0.3, 0.4) is 0 Å². The highest BCUT2D eigenvalue weighted by molar-refractivity contribution is 5.90. The maximum atomic E-state index is 13.5. The Morgan fingerprint density at radius 1 is 1.35 bits per heavy atom. The Bertz CT molecular complexity index is 869. The third-order valence-corrected chi connectivity index (χ3v) is 6.68. The molecule has 0 aliphatic carbocycles. The molecule has 138 valence electrons. The van der Waals surface area contributed by atoms with Crippen LogP contribution in [-0.2, 0) is 18.4 Å². The zero-order valence-electron chi connectivity index (χ0n) is 15.7. The summed E-state index contributed by atoms with van der Waals surface area (Å²) in [7, 11) is 1.98. The lowest BCUT2D eigenvalue weighted by molar-refractivity contribution is -0.137. The number of hydrogen-bond donors (Lipinski definition) is 0. The molecule has 5 heterocycles. The fourth-order valence-electron chi connectivity index (χ4n) is 5.71. The summed E-state index contributed by atoms with van der Waals surface area (Å²) < 4.78 is 7.61. The number of carbonyl (C=O) groups is 1. The standard InChI is InChI=1S/C20H26N4O2/c1-13-5-6-16(26-13)11-23-10-15-9-18(17-12-22(3)21-14(17)2)24-8-4-7-20(15,24)19(23)25/h5-6,12,15,18H,4,7-11H2,1-3H3/t15-,18-,20-/m0/s1. The van der Waals surface area contributed by atoms with Crippen LogP contribution in [0.15, 0.2) is 22.7 Å². The Kier molecular flexibility index (Phi) is 3.38. The number of aromatic nitrogens is 2. The van der Waals surface area contributed by atoms with Crippen LogP contribution in [0.1, 0.15) is 48.1 Å². The van der Waals surface area contributed by atoms with E-state index in [4.69, 9.17) is 4.42 Å².